The number of ether oxygens (including phenoxy) is 1. The molecule has 0 saturated heterocycles. The van der Waals surface area contributed by atoms with Crippen LogP contribution < -0.4 is 11.3 Å². The highest BCUT2D eigenvalue weighted by molar-refractivity contribution is 9.10. The van der Waals surface area contributed by atoms with Gasteiger partial charge < -0.3 is 4.74 Å². The van der Waals surface area contributed by atoms with Gasteiger partial charge in [0.2, 0.25) is 0 Å². The maximum atomic E-state index is 13.5. The molecule has 3 N–H and O–H groups in total. The number of alkyl halides is 2. The van der Waals surface area contributed by atoms with Gasteiger partial charge in [-0.2, -0.15) is 0 Å². The highest BCUT2D eigenvalue weighted by Crippen LogP contribution is 2.17. The van der Waals surface area contributed by atoms with E-state index in [-0.39, 0.29) is 18.5 Å². The van der Waals surface area contributed by atoms with Crippen molar-refractivity contribution < 1.29 is 17.9 Å². The zero-order valence-electron chi connectivity index (χ0n) is 10.2. The number of benzene rings is 1. The highest BCUT2D eigenvalue weighted by atomic mass is 79.9. The molecule has 1 atom stereocenters. The van der Waals surface area contributed by atoms with Gasteiger partial charge in [-0.1, -0.05) is 15.9 Å². The van der Waals surface area contributed by atoms with Gasteiger partial charge in [-0.05, 0) is 36.6 Å². The van der Waals surface area contributed by atoms with Gasteiger partial charge in [0.05, 0.1) is 0 Å². The number of hydrogen-bond donors (Lipinski definition) is 2. The van der Waals surface area contributed by atoms with Crippen molar-refractivity contribution in [3.8, 4) is 0 Å². The number of hydrogen-bond acceptors (Lipinski definition) is 3. The van der Waals surface area contributed by atoms with Crippen LogP contribution in [0.5, 0.6) is 0 Å². The van der Waals surface area contributed by atoms with Crippen molar-refractivity contribution in [3.63, 3.8) is 0 Å². The largest absolute Gasteiger partial charge is 0.375 e. The molecule has 0 saturated carbocycles. The van der Waals surface area contributed by atoms with Gasteiger partial charge in [0.1, 0.15) is 12.4 Å². The molecule has 0 spiro atoms. The molecule has 0 amide bonds. The number of rotatable bonds is 8. The highest BCUT2D eigenvalue weighted by Gasteiger charge is 2.12. The standard InChI is InChI=1S/C12H16BrF3N2O/c13-9-1-2-11(14)8(5-9)6-10(18-17)3-4-19-7-12(15)16/h1-2,5,10,12,18H,3-4,6-7,17H2. The van der Waals surface area contributed by atoms with Crippen LogP contribution in [0.15, 0.2) is 22.7 Å². The monoisotopic (exact) mass is 340 g/mol. The van der Waals surface area contributed by atoms with Gasteiger partial charge in [0.25, 0.3) is 6.43 Å². The van der Waals surface area contributed by atoms with E-state index in [0.29, 0.717) is 18.4 Å². The molecule has 1 unspecified atom stereocenters. The Bertz CT molecular complexity index is 393. The topological polar surface area (TPSA) is 47.3 Å². The van der Waals surface area contributed by atoms with Gasteiger partial charge in [0.15, 0.2) is 0 Å². The van der Waals surface area contributed by atoms with Crippen molar-refractivity contribution in [1.82, 2.24) is 5.43 Å². The summed E-state index contributed by atoms with van der Waals surface area (Å²) in [5, 5.41) is 0. The van der Waals surface area contributed by atoms with Crippen molar-refractivity contribution in [2.75, 3.05) is 13.2 Å². The molecule has 1 aromatic carbocycles. The smallest absolute Gasteiger partial charge is 0.261 e. The molecule has 0 aliphatic heterocycles. The lowest BCUT2D eigenvalue weighted by Crippen LogP contribution is -2.38. The Labute approximate surface area is 118 Å². The third-order valence-corrected chi connectivity index (χ3v) is 3.06. The molecule has 0 fully saturated rings. The first-order valence-corrected chi connectivity index (χ1v) is 6.58. The maximum absolute atomic E-state index is 13.5. The molecule has 1 rings (SSSR count). The Kier molecular flexibility index (Phi) is 7.37. The summed E-state index contributed by atoms with van der Waals surface area (Å²) in [6.07, 6.45) is -1.69. The summed E-state index contributed by atoms with van der Waals surface area (Å²) in [4.78, 5) is 0. The minimum absolute atomic E-state index is 0.148. The second-order valence-corrected chi connectivity index (χ2v) is 4.97. The van der Waals surface area contributed by atoms with Crippen LogP contribution in [-0.4, -0.2) is 25.7 Å². The average Bonchev–Trinajstić information content (AvgIpc) is 2.37. The molecule has 7 heteroatoms. The summed E-state index contributed by atoms with van der Waals surface area (Å²) in [5.41, 5.74) is 3.04. The van der Waals surface area contributed by atoms with Crippen molar-refractivity contribution >= 4 is 15.9 Å². The first kappa shape index (κ1) is 16.4. The van der Waals surface area contributed by atoms with Gasteiger partial charge in [0, 0.05) is 17.1 Å². The summed E-state index contributed by atoms with van der Waals surface area (Å²) < 4.78 is 42.8. The summed E-state index contributed by atoms with van der Waals surface area (Å²) in [5.74, 6) is 5.04. The minimum atomic E-state index is -2.48. The molecule has 3 nitrogen and oxygen atoms in total. The van der Waals surface area contributed by atoms with Crippen LogP contribution in [0, 0.1) is 5.82 Å². The molecule has 0 aliphatic rings. The van der Waals surface area contributed by atoms with E-state index in [0.717, 1.165) is 4.47 Å². The zero-order valence-corrected chi connectivity index (χ0v) is 11.8. The first-order valence-electron chi connectivity index (χ1n) is 5.79. The predicted octanol–water partition coefficient (Wildman–Crippen LogP) is 2.63. The lowest BCUT2D eigenvalue weighted by molar-refractivity contribution is 0.0144. The van der Waals surface area contributed by atoms with Gasteiger partial charge in [-0.15, -0.1) is 0 Å². The Morgan fingerprint density at radius 3 is 2.74 bits per heavy atom. The van der Waals surface area contributed by atoms with E-state index in [1.807, 2.05) is 0 Å². The Morgan fingerprint density at radius 1 is 1.37 bits per heavy atom. The molecule has 108 valence electrons. The van der Waals surface area contributed by atoms with Crippen LogP contribution in [0.1, 0.15) is 12.0 Å². The van der Waals surface area contributed by atoms with Crippen LogP contribution in [-0.2, 0) is 11.2 Å². The van der Waals surface area contributed by atoms with E-state index in [2.05, 4.69) is 21.4 Å². The van der Waals surface area contributed by atoms with Gasteiger partial charge in [-0.3, -0.25) is 11.3 Å². The molecule has 0 aliphatic carbocycles. The van der Waals surface area contributed by atoms with Crippen LogP contribution in [0.25, 0.3) is 0 Å². The van der Waals surface area contributed by atoms with Crippen molar-refractivity contribution in [1.29, 1.82) is 0 Å². The van der Waals surface area contributed by atoms with Crippen LogP contribution in [0.4, 0.5) is 13.2 Å². The van der Waals surface area contributed by atoms with Gasteiger partial charge >= 0.3 is 0 Å². The second kappa shape index (κ2) is 8.52. The maximum Gasteiger partial charge on any atom is 0.261 e. The van der Waals surface area contributed by atoms with Crippen molar-refractivity contribution in [3.05, 3.63) is 34.1 Å². The number of hydrazine groups is 1. The third kappa shape index (κ3) is 6.38. The van der Waals surface area contributed by atoms with Crippen LogP contribution >= 0.6 is 15.9 Å². The molecular formula is C12H16BrF3N2O. The van der Waals surface area contributed by atoms with E-state index in [1.165, 1.54) is 6.07 Å². The molecule has 19 heavy (non-hydrogen) atoms. The van der Waals surface area contributed by atoms with Crippen LogP contribution in [0.3, 0.4) is 0 Å². The fraction of sp³-hybridized carbons (Fsp3) is 0.500. The molecule has 0 aromatic heterocycles. The Balaban J connectivity index is 2.45. The van der Waals surface area contributed by atoms with E-state index in [4.69, 9.17) is 10.6 Å². The van der Waals surface area contributed by atoms with E-state index < -0.39 is 13.0 Å². The van der Waals surface area contributed by atoms with E-state index in [1.54, 1.807) is 12.1 Å². The predicted molar refractivity (Wildman–Crippen MR) is 70.4 cm³/mol. The summed E-state index contributed by atoms with van der Waals surface area (Å²) >= 11 is 3.26. The summed E-state index contributed by atoms with van der Waals surface area (Å²) in [6, 6.07) is 4.40. The van der Waals surface area contributed by atoms with E-state index >= 15 is 0 Å². The normalized spacial score (nSPS) is 12.9. The van der Waals surface area contributed by atoms with Crippen molar-refractivity contribution in [2.24, 2.45) is 5.84 Å². The Hall–Kier alpha value is -0.630. The lowest BCUT2D eigenvalue weighted by atomic mass is 10.0. The first-order chi connectivity index (χ1) is 9.02. The fourth-order valence-corrected chi connectivity index (χ4v) is 2.02. The second-order valence-electron chi connectivity index (χ2n) is 4.06. The summed E-state index contributed by atoms with van der Waals surface area (Å²) in [6.45, 7) is -0.447. The molecule has 0 bridgehead atoms. The summed E-state index contributed by atoms with van der Waals surface area (Å²) in [7, 11) is 0. The van der Waals surface area contributed by atoms with Gasteiger partial charge in [-0.25, -0.2) is 13.2 Å². The SMILES string of the molecule is NNC(CCOCC(F)F)Cc1cc(Br)ccc1F. The van der Waals surface area contributed by atoms with Crippen LogP contribution in [0.2, 0.25) is 0 Å². The third-order valence-electron chi connectivity index (χ3n) is 2.56. The minimum Gasteiger partial charge on any atom is -0.375 e. The molecule has 0 heterocycles. The molecule has 0 radical (unpaired) electrons. The number of nitrogens with one attached hydrogen (secondary N) is 1. The molecule has 1 aromatic rings. The van der Waals surface area contributed by atoms with Crippen molar-refractivity contribution in [2.45, 2.75) is 25.3 Å². The zero-order chi connectivity index (χ0) is 14.3. The lowest BCUT2D eigenvalue weighted by Gasteiger charge is -2.16. The molecular weight excluding hydrogens is 325 g/mol. The fourth-order valence-electron chi connectivity index (χ4n) is 1.61. The Morgan fingerprint density at radius 2 is 2.11 bits per heavy atom. The number of nitrogens with two attached hydrogens (primary N) is 1. The quantitative estimate of drug-likeness (QED) is 0.434. The average molecular weight is 341 g/mol. The number of halogens is 4. The van der Waals surface area contributed by atoms with E-state index in [9.17, 15) is 13.2 Å².